The molecule has 70 valence electrons. The lowest BCUT2D eigenvalue weighted by Crippen LogP contribution is -2.40. The van der Waals surface area contributed by atoms with E-state index in [1.165, 1.54) is 25.7 Å². The summed E-state index contributed by atoms with van der Waals surface area (Å²) in [6.07, 6.45) is 5.99. The predicted molar refractivity (Wildman–Crippen MR) is 46.7 cm³/mol. The van der Waals surface area contributed by atoms with Crippen LogP contribution in [0.15, 0.2) is 0 Å². The van der Waals surface area contributed by atoms with Gasteiger partial charge in [-0.15, -0.1) is 0 Å². The van der Waals surface area contributed by atoms with Crippen LogP contribution in [0.1, 0.15) is 38.5 Å². The molecule has 2 N–H and O–H groups in total. The highest BCUT2D eigenvalue weighted by Gasteiger charge is 2.36. The van der Waals surface area contributed by atoms with Crippen LogP contribution < -0.4 is 0 Å². The third kappa shape index (κ3) is 1.50. The zero-order chi connectivity index (χ0) is 8.55. The normalized spacial score (nSPS) is 48.5. The van der Waals surface area contributed by atoms with Crippen molar-refractivity contribution in [3.05, 3.63) is 0 Å². The maximum Gasteiger partial charge on any atom is 0.0802 e. The van der Waals surface area contributed by atoms with Crippen molar-refractivity contribution < 1.29 is 10.2 Å². The van der Waals surface area contributed by atoms with Gasteiger partial charge in [0, 0.05) is 0 Å². The van der Waals surface area contributed by atoms with Crippen molar-refractivity contribution in [2.45, 2.75) is 50.7 Å². The Hall–Kier alpha value is -0.0800. The first-order valence-corrected chi connectivity index (χ1v) is 5.13. The highest BCUT2D eigenvalue weighted by molar-refractivity contribution is 4.87. The highest BCUT2D eigenvalue weighted by Crippen LogP contribution is 2.40. The zero-order valence-corrected chi connectivity index (χ0v) is 7.45. The average Bonchev–Trinajstić information content (AvgIpc) is 2.07. The molecule has 0 aromatic heterocycles. The van der Waals surface area contributed by atoms with Crippen molar-refractivity contribution in [1.82, 2.24) is 0 Å². The Bertz CT molecular complexity index is 140. The second kappa shape index (κ2) is 3.35. The Morgan fingerprint density at radius 2 is 1.17 bits per heavy atom. The molecule has 0 amide bonds. The van der Waals surface area contributed by atoms with E-state index in [4.69, 9.17) is 0 Å². The topological polar surface area (TPSA) is 40.5 Å². The van der Waals surface area contributed by atoms with E-state index < -0.39 is 12.2 Å². The Morgan fingerprint density at radius 3 is 1.58 bits per heavy atom. The standard InChI is InChI=1S/C10H18O2/c11-9-5-7-3-1-2-4-8(7)6-10(9)12/h7-12H,1-6H2/t7-,8-,9-,10-/m0/s1. The summed E-state index contributed by atoms with van der Waals surface area (Å²) in [7, 11) is 0. The molecule has 0 aromatic rings. The van der Waals surface area contributed by atoms with E-state index in [9.17, 15) is 10.2 Å². The predicted octanol–water partition coefficient (Wildman–Crippen LogP) is 1.31. The minimum Gasteiger partial charge on any atom is -0.390 e. The van der Waals surface area contributed by atoms with Gasteiger partial charge < -0.3 is 10.2 Å². The molecule has 2 nitrogen and oxygen atoms in total. The molecule has 0 aliphatic heterocycles. The molecule has 4 atom stereocenters. The molecular formula is C10H18O2. The van der Waals surface area contributed by atoms with Gasteiger partial charge in [0.05, 0.1) is 12.2 Å². The van der Waals surface area contributed by atoms with Crippen LogP contribution in [-0.2, 0) is 0 Å². The summed E-state index contributed by atoms with van der Waals surface area (Å²) in [5, 5.41) is 18.9. The second-order valence-corrected chi connectivity index (χ2v) is 4.41. The molecule has 0 radical (unpaired) electrons. The average molecular weight is 170 g/mol. The van der Waals surface area contributed by atoms with E-state index >= 15 is 0 Å². The summed E-state index contributed by atoms with van der Waals surface area (Å²) < 4.78 is 0. The van der Waals surface area contributed by atoms with Gasteiger partial charge in [0.1, 0.15) is 0 Å². The van der Waals surface area contributed by atoms with Gasteiger partial charge >= 0.3 is 0 Å². The number of aliphatic hydroxyl groups is 2. The first-order valence-electron chi connectivity index (χ1n) is 5.13. The van der Waals surface area contributed by atoms with Gasteiger partial charge in [-0.2, -0.15) is 0 Å². The molecule has 2 aliphatic carbocycles. The van der Waals surface area contributed by atoms with E-state index in [-0.39, 0.29) is 0 Å². The van der Waals surface area contributed by atoms with Crippen LogP contribution in [0.3, 0.4) is 0 Å². The van der Waals surface area contributed by atoms with E-state index in [2.05, 4.69) is 0 Å². The van der Waals surface area contributed by atoms with Crippen molar-refractivity contribution in [2.24, 2.45) is 11.8 Å². The molecule has 2 saturated carbocycles. The van der Waals surface area contributed by atoms with Crippen molar-refractivity contribution in [3.63, 3.8) is 0 Å². The van der Waals surface area contributed by atoms with Crippen LogP contribution in [0.25, 0.3) is 0 Å². The largest absolute Gasteiger partial charge is 0.390 e. The fourth-order valence-corrected chi connectivity index (χ4v) is 2.84. The van der Waals surface area contributed by atoms with Crippen LogP contribution in [0.4, 0.5) is 0 Å². The van der Waals surface area contributed by atoms with Crippen molar-refractivity contribution >= 4 is 0 Å². The monoisotopic (exact) mass is 170 g/mol. The van der Waals surface area contributed by atoms with Crippen LogP contribution in [0.5, 0.6) is 0 Å². The Kier molecular flexibility index (Phi) is 2.37. The van der Waals surface area contributed by atoms with Crippen molar-refractivity contribution in [3.8, 4) is 0 Å². The summed E-state index contributed by atoms with van der Waals surface area (Å²) >= 11 is 0. The van der Waals surface area contributed by atoms with Gasteiger partial charge in [-0.3, -0.25) is 0 Å². The molecule has 0 heterocycles. The molecule has 2 heteroatoms. The summed E-state index contributed by atoms with van der Waals surface area (Å²) in [6, 6.07) is 0. The van der Waals surface area contributed by atoms with E-state index in [0.717, 1.165) is 12.8 Å². The summed E-state index contributed by atoms with van der Waals surface area (Å²) in [5.41, 5.74) is 0. The first kappa shape index (κ1) is 8.52. The van der Waals surface area contributed by atoms with Gasteiger partial charge in [-0.05, 0) is 24.7 Å². The maximum atomic E-state index is 9.47. The molecule has 12 heavy (non-hydrogen) atoms. The van der Waals surface area contributed by atoms with Crippen molar-refractivity contribution in [2.75, 3.05) is 0 Å². The molecular weight excluding hydrogens is 152 g/mol. The van der Waals surface area contributed by atoms with Crippen molar-refractivity contribution in [1.29, 1.82) is 0 Å². The maximum absolute atomic E-state index is 9.47. The quantitative estimate of drug-likeness (QED) is 0.575. The molecule has 0 bridgehead atoms. The fraction of sp³-hybridized carbons (Fsp3) is 1.00. The lowest BCUT2D eigenvalue weighted by atomic mass is 9.69. The molecule has 2 fully saturated rings. The number of hydrogen-bond acceptors (Lipinski definition) is 2. The van der Waals surface area contributed by atoms with Gasteiger partial charge in [0.2, 0.25) is 0 Å². The van der Waals surface area contributed by atoms with Gasteiger partial charge in [-0.25, -0.2) is 0 Å². The third-order valence-electron chi connectivity index (χ3n) is 3.60. The lowest BCUT2D eigenvalue weighted by Gasteiger charge is -2.40. The number of aliphatic hydroxyl groups excluding tert-OH is 2. The Morgan fingerprint density at radius 1 is 0.750 bits per heavy atom. The minimum absolute atomic E-state index is 0.440. The molecule has 0 saturated heterocycles. The summed E-state index contributed by atoms with van der Waals surface area (Å²) in [4.78, 5) is 0. The Labute approximate surface area is 73.6 Å². The highest BCUT2D eigenvalue weighted by atomic mass is 16.3. The van der Waals surface area contributed by atoms with Gasteiger partial charge in [0.25, 0.3) is 0 Å². The smallest absolute Gasteiger partial charge is 0.0802 e. The van der Waals surface area contributed by atoms with Crippen LogP contribution in [0.2, 0.25) is 0 Å². The molecule has 0 unspecified atom stereocenters. The fourth-order valence-electron chi connectivity index (χ4n) is 2.84. The van der Waals surface area contributed by atoms with Crippen LogP contribution in [0, 0.1) is 11.8 Å². The summed E-state index contributed by atoms with van der Waals surface area (Å²) in [6.45, 7) is 0. The van der Waals surface area contributed by atoms with Gasteiger partial charge in [0.15, 0.2) is 0 Å². The van der Waals surface area contributed by atoms with E-state index in [1.807, 2.05) is 0 Å². The third-order valence-corrected chi connectivity index (χ3v) is 3.60. The number of rotatable bonds is 0. The van der Waals surface area contributed by atoms with E-state index in [1.54, 1.807) is 0 Å². The van der Waals surface area contributed by atoms with Crippen LogP contribution in [-0.4, -0.2) is 22.4 Å². The first-order chi connectivity index (χ1) is 5.77. The molecule has 0 spiro atoms. The zero-order valence-electron chi connectivity index (χ0n) is 7.45. The lowest BCUT2D eigenvalue weighted by molar-refractivity contribution is -0.0566. The van der Waals surface area contributed by atoms with Gasteiger partial charge in [-0.1, -0.05) is 25.7 Å². The van der Waals surface area contributed by atoms with E-state index in [0.29, 0.717) is 11.8 Å². The second-order valence-electron chi connectivity index (χ2n) is 4.41. The number of fused-ring (bicyclic) bond motifs is 1. The van der Waals surface area contributed by atoms with Crippen LogP contribution >= 0.6 is 0 Å². The minimum atomic E-state index is -0.440. The molecule has 2 aliphatic rings. The summed E-state index contributed by atoms with van der Waals surface area (Å²) in [5.74, 6) is 1.41. The number of hydrogen-bond donors (Lipinski definition) is 2. The molecule has 2 rings (SSSR count). The Balaban J connectivity index is 1.98. The SMILES string of the molecule is O[C@H]1C[C@@H]2CCCC[C@H]2C[C@@H]1O. The molecule has 0 aromatic carbocycles.